The summed E-state index contributed by atoms with van der Waals surface area (Å²) in [6.07, 6.45) is 2.93. The van der Waals surface area contributed by atoms with E-state index in [-0.39, 0.29) is 12.1 Å². The van der Waals surface area contributed by atoms with Gasteiger partial charge in [0.2, 0.25) is 0 Å². The standard InChI is InChI=1S/C9H15NO4/c1-12-9(11)2-3-10-6-8-7-13-4-5-14-8/h2-3,8,10H,4-7H2,1H3/b3-2+. The van der Waals surface area contributed by atoms with Gasteiger partial charge in [-0.1, -0.05) is 0 Å². The van der Waals surface area contributed by atoms with E-state index < -0.39 is 0 Å². The minimum absolute atomic E-state index is 0.0612. The minimum Gasteiger partial charge on any atom is -0.466 e. The number of rotatable bonds is 4. The van der Waals surface area contributed by atoms with Crippen LogP contribution in [-0.4, -0.2) is 45.5 Å². The molecule has 0 bridgehead atoms. The van der Waals surface area contributed by atoms with Gasteiger partial charge in [0.25, 0.3) is 0 Å². The highest BCUT2D eigenvalue weighted by atomic mass is 16.6. The Balaban J connectivity index is 2.07. The summed E-state index contributed by atoms with van der Waals surface area (Å²) < 4.78 is 15.0. The van der Waals surface area contributed by atoms with E-state index in [1.807, 2.05) is 0 Å². The summed E-state index contributed by atoms with van der Waals surface area (Å²) in [6, 6.07) is 0. The Labute approximate surface area is 83.0 Å². The molecule has 80 valence electrons. The molecule has 1 saturated heterocycles. The summed E-state index contributed by atoms with van der Waals surface area (Å²) in [5, 5.41) is 2.93. The van der Waals surface area contributed by atoms with E-state index in [1.54, 1.807) is 6.20 Å². The molecule has 0 saturated carbocycles. The second kappa shape index (κ2) is 6.39. The zero-order valence-corrected chi connectivity index (χ0v) is 8.19. The van der Waals surface area contributed by atoms with Crippen molar-refractivity contribution >= 4 is 5.97 Å². The average molecular weight is 201 g/mol. The summed E-state index contributed by atoms with van der Waals surface area (Å²) in [7, 11) is 1.34. The van der Waals surface area contributed by atoms with Crippen LogP contribution in [0, 0.1) is 0 Å². The highest BCUT2D eigenvalue weighted by Crippen LogP contribution is 1.98. The monoisotopic (exact) mass is 201 g/mol. The number of hydrogen-bond donors (Lipinski definition) is 1. The topological polar surface area (TPSA) is 56.8 Å². The number of ether oxygens (including phenoxy) is 3. The molecule has 1 fully saturated rings. The molecule has 0 aromatic heterocycles. The lowest BCUT2D eigenvalue weighted by molar-refractivity contribution is -0.134. The maximum Gasteiger partial charge on any atom is 0.331 e. The lowest BCUT2D eigenvalue weighted by Crippen LogP contribution is -2.35. The third kappa shape index (κ3) is 4.25. The van der Waals surface area contributed by atoms with Crippen molar-refractivity contribution in [2.45, 2.75) is 6.10 Å². The van der Waals surface area contributed by atoms with Gasteiger partial charge in [-0.25, -0.2) is 4.79 Å². The third-order valence-corrected chi connectivity index (χ3v) is 1.77. The van der Waals surface area contributed by atoms with Gasteiger partial charge >= 0.3 is 5.97 Å². The molecule has 0 amide bonds. The molecule has 0 spiro atoms. The summed E-state index contributed by atoms with van der Waals surface area (Å²) in [5.41, 5.74) is 0. The second-order valence-corrected chi connectivity index (χ2v) is 2.83. The first-order chi connectivity index (χ1) is 6.83. The largest absolute Gasteiger partial charge is 0.466 e. The van der Waals surface area contributed by atoms with Crippen LogP contribution < -0.4 is 5.32 Å². The van der Waals surface area contributed by atoms with Crippen molar-refractivity contribution < 1.29 is 19.0 Å². The van der Waals surface area contributed by atoms with E-state index in [2.05, 4.69) is 10.1 Å². The fourth-order valence-corrected chi connectivity index (χ4v) is 1.05. The van der Waals surface area contributed by atoms with Crippen LogP contribution in [0.1, 0.15) is 0 Å². The molecule has 1 aliphatic rings. The quantitative estimate of drug-likeness (QED) is 0.499. The number of carbonyl (C=O) groups excluding carboxylic acids is 1. The Morgan fingerprint density at radius 2 is 2.50 bits per heavy atom. The van der Waals surface area contributed by atoms with Gasteiger partial charge in [-0.3, -0.25) is 0 Å². The lowest BCUT2D eigenvalue weighted by atomic mass is 10.3. The van der Waals surface area contributed by atoms with Crippen LogP contribution in [0.25, 0.3) is 0 Å². The van der Waals surface area contributed by atoms with Crippen LogP contribution >= 0.6 is 0 Å². The first-order valence-electron chi connectivity index (χ1n) is 4.50. The van der Waals surface area contributed by atoms with Gasteiger partial charge in [0, 0.05) is 18.8 Å². The molecule has 0 aliphatic carbocycles. The second-order valence-electron chi connectivity index (χ2n) is 2.83. The van der Waals surface area contributed by atoms with Crippen LogP contribution in [0.15, 0.2) is 12.3 Å². The SMILES string of the molecule is COC(=O)/C=C/NCC1COCCO1. The Morgan fingerprint density at radius 3 is 3.14 bits per heavy atom. The molecule has 1 unspecified atom stereocenters. The number of carbonyl (C=O) groups is 1. The molecular formula is C9H15NO4. The predicted octanol–water partition coefficient (Wildman–Crippen LogP) is -0.322. The molecule has 0 aromatic carbocycles. The summed E-state index contributed by atoms with van der Waals surface area (Å²) in [6.45, 7) is 2.52. The first kappa shape index (κ1) is 11.0. The van der Waals surface area contributed by atoms with E-state index in [0.717, 1.165) is 0 Å². The fourth-order valence-electron chi connectivity index (χ4n) is 1.05. The van der Waals surface area contributed by atoms with E-state index in [4.69, 9.17) is 9.47 Å². The number of esters is 1. The molecule has 1 N–H and O–H groups in total. The number of nitrogens with one attached hydrogen (secondary N) is 1. The van der Waals surface area contributed by atoms with E-state index in [0.29, 0.717) is 26.4 Å². The molecule has 0 aromatic rings. The normalized spacial score (nSPS) is 22.2. The van der Waals surface area contributed by atoms with Crippen molar-refractivity contribution in [1.29, 1.82) is 0 Å². The van der Waals surface area contributed by atoms with Crippen molar-refractivity contribution in [3.63, 3.8) is 0 Å². The van der Waals surface area contributed by atoms with Crippen LogP contribution in [0.2, 0.25) is 0 Å². The van der Waals surface area contributed by atoms with Crippen molar-refractivity contribution in [3.05, 3.63) is 12.3 Å². The van der Waals surface area contributed by atoms with E-state index in [9.17, 15) is 4.79 Å². The average Bonchev–Trinajstić information content (AvgIpc) is 2.25. The first-order valence-corrected chi connectivity index (χ1v) is 4.50. The summed E-state index contributed by atoms with van der Waals surface area (Å²) >= 11 is 0. The zero-order chi connectivity index (χ0) is 10.2. The van der Waals surface area contributed by atoms with Gasteiger partial charge in [-0.05, 0) is 0 Å². The minimum atomic E-state index is -0.377. The van der Waals surface area contributed by atoms with Gasteiger partial charge in [0.15, 0.2) is 0 Å². The van der Waals surface area contributed by atoms with Gasteiger partial charge in [-0.15, -0.1) is 0 Å². The van der Waals surface area contributed by atoms with Crippen molar-refractivity contribution in [2.75, 3.05) is 33.5 Å². The molecule has 1 rings (SSSR count). The van der Waals surface area contributed by atoms with Crippen LogP contribution in [0.5, 0.6) is 0 Å². The predicted molar refractivity (Wildman–Crippen MR) is 49.7 cm³/mol. The molecule has 1 aliphatic heterocycles. The molecule has 0 radical (unpaired) electrons. The van der Waals surface area contributed by atoms with Crippen LogP contribution in [0.3, 0.4) is 0 Å². The van der Waals surface area contributed by atoms with Crippen molar-refractivity contribution in [3.8, 4) is 0 Å². The third-order valence-electron chi connectivity index (χ3n) is 1.77. The molecule has 1 atom stereocenters. The Bertz CT molecular complexity index is 199. The zero-order valence-electron chi connectivity index (χ0n) is 8.19. The molecular weight excluding hydrogens is 186 g/mol. The smallest absolute Gasteiger partial charge is 0.331 e. The molecule has 5 nitrogen and oxygen atoms in total. The highest BCUT2D eigenvalue weighted by molar-refractivity contribution is 5.81. The van der Waals surface area contributed by atoms with Gasteiger partial charge < -0.3 is 19.5 Å². The maximum absolute atomic E-state index is 10.7. The molecule has 1 heterocycles. The van der Waals surface area contributed by atoms with Crippen molar-refractivity contribution in [2.24, 2.45) is 0 Å². The highest BCUT2D eigenvalue weighted by Gasteiger charge is 2.12. The van der Waals surface area contributed by atoms with Crippen LogP contribution in [-0.2, 0) is 19.0 Å². The van der Waals surface area contributed by atoms with Crippen LogP contribution in [0.4, 0.5) is 0 Å². The Morgan fingerprint density at radius 1 is 1.64 bits per heavy atom. The van der Waals surface area contributed by atoms with E-state index >= 15 is 0 Å². The fraction of sp³-hybridized carbons (Fsp3) is 0.667. The number of methoxy groups -OCH3 is 1. The lowest BCUT2D eigenvalue weighted by Gasteiger charge is -2.22. The molecule has 14 heavy (non-hydrogen) atoms. The Hall–Kier alpha value is -1.07. The van der Waals surface area contributed by atoms with Gasteiger partial charge in [0.05, 0.1) is 33.0 Å². The maximum atomic E-state index is 10.7. The van der Waals surface area contributed by atoms with Crippen molar-refractivity contribution in [1.82, 2.24) is 5.32 Å². The summed E-state index contributed by atoms with van der Waals surface area (Å²) in [5.74, 6) is -0.377. The Kier molecular flexibility index (Phi) is 5.03. The number of hydrogen-bond acceptors (Lipinski definition) is 5. The van der Waals surface area contributed by atoms with Gasteiger partial charge in [-0.2, -0.15) is 0 Å². The van der Waals surface area contributed by atoms with Gasteiger partial charge in [0.1, 0.15) is 0 Å². The summed E-state index contributed by atoms with van der Waals surface area (Å²) in [4.78, 5) is 10.7. The molecule has 5 heteroatoms. The van der Waals surface area contributed by atoms with E-state index in [1.165, 1.54) is 13.2 Å².